The van der Waals surface area contributed by atoms with Crippen LogP contribution in [0.2, 0.25) is 0 Å². The van der Waals surface area contributed by atoms with Crippen molar-refractivity contribution >= 4 is 11.8 Å². The first-order chi connectivity index (χ1) is 8.28. The standard InChI is InChI=1S/C13H8FNO2/c14-10-4-6-12(7-5-10)17-13-3-1-2-11(8-13)15-9-16/h1-8H. The number of nitrogens with zero attached hydrogens (tertiary/aromatic N) is 1. The molecule has 0 saturated heterocycles. The van der Waals surface area contributed by atoms with Gasteiger partial charge in [-0.2, -0.15) is 4.99 Å². The average molecular weight is 229 g/mol. The van der Waals surface area contributed by atoms with Gasteiger partial charge in [0.05, 0.1) is 5.69 Å². The second kappa shape index (κ2) is 5.05. The Labute approximate surface area is 97.2 Å². The summed E-state index contributed by atoms with van der Waals surface area (Å²) in [5.41, 5.74) is 0.458. The van der Waals surface area contributed by atoms with Crippen LogP contribution < -0.4 is 4.74 Å². The molecule has 0 atom stereocenters. The van der Waals surface area contributed by atoms with E-state index in [4.69, 9.17) is 4.74 Å². The van der Waals surface area contributed by atoms with Crippen LogP contribution in [0.4, 0.5) is 10.1 Å². The third kappa shape index (κ3) is 3.00. The molecular weight excluding hydrogens is 221 g/mol. The van der Waals surface area contributed by atoms with Crippen molar-refractivity contribution in [2.45, 2.75) is 0 Å². The zero-order chi connectivity index (χ0) is 12.1. The quantitative estimate of drug-likeness (QED) is 0.596. The Hall–Kier alpha value is -2.45. The van der Waals surface area contributed by atoms with Crippen molar-refractivity contribution in [1.29, 1.82) is 0 Å². The van der Waals surface area contributed by atoms with E-state index in [2.05, 4.69) is 4.99 Å². The van der Waals surface area contributed by atoms with Crippen molar-refractivity contribution in [3.63, 3.8) is 0 Å². The van der Waals surface area contributed by atoms with Crippen LogP contribution in [0.15, 0.2) is 53.5 Å². The summed E-state index contributed by atoms with van der Waals surface area (Å²) >= 11 is 0. The predicted octanol–water partition coefficient (Wildman–Crippen LogP) is 3.59. The second-order valence-corrected chi connectivity index (χ2v) is 3.26. The van der Waals surface area contributed by atoms with E-state index in [1.807, 2.05) is 0 Å². The summed E-state index contributed by atoms with van der Waals surface area (Å²) in [4.78, 5) is 13.6. The van der Waals surface area contributed by atoms with Crippen LogP contribution in [-0.4, -0.2) is 6.08 Å². The van der Waals surface area contributed by atoms with E-state index in [1.165, 1.54) is 30.3 Å². The third-order valence-electron chi connectivity index (χ3n) is 2.04. The summed E-state index contributed by atoms with van der Waals surface area (Å²) in [5, 5.41) is 0. The van der Waals surface area contributed by atoms with Gasteiger partial charge in [0.15, 0.2) is 0 Å². The zero-order valence-electron chi connectivity index (χ0n) is 8.76. The molecule has 0 aliphatic heterocycles. The lowest BCUT2D eigenvalue weighted by Crippen LogP contribution is -1.83. The fourth-order valence-electron chi connectivity index (χ4n) is 1.31. The monoisotopic (exact) mass is 229 g/mol. The smallest absolute Gasteiger partial charge is 0.240 e. The molecular formula is C13H8FNO2. The van der Waals surface area contributed by atoms with Gasteiger partial charge in [0.1, 0.15) is 17.3 Å². The van der Waals surface area contributed by atoms with Crippen molar-refractivity contribution in [2.75, 3.05) is 0 Å². The minimum Gasteiger partial charge on any atom is -0.457 e. The van der Waals surface area contributed by atoms with Gasteiger partial charge < -0.3 is 4.74 Å². The highest BCUT2D eigenvalue weighted by molar-refractivity contribution is 5.51. The van der Waals surface area contributed by atoms with Crippen molar-refractivity contribution in [3.05, 3.63) is 54.3 Å². The predicted molar refractivity (Wildman–Crippen MR) is 60.7 cm³/mol. The first kappa shape index (κ1) is 11.0. The molecule has 0 aliphatic carbocycles. The number of isocyanates is 1. The molecule has 4 heteroatoms. The fraction of sp³-hybridized carbons (Fsp3) is 0. The van der Waals surface area contributed by atoms with Crippen molar-refractivity contribution in [3.8, 4) is 11.5 Å². The first-order valence-corrected chi connectivity index (χ1v) is 4.89. The highest BCUT2D eigenvalue weighted by Gasteiger charge is 1.98. The van der Waals surface area contributed by atoms with Crippen LogP contribution >= 0.6 is 0 Å². The molecule has 0 bridgehead atoms. The molecule has 2 aromatic carbocycles. The topological polar surface area (TPSA) is 38.7 Å². The van der Waals surface area contributed by atoms with E-state index in [0.717, 1.165) is 0 Å². The van der Waals surface area contributed by atoms with E-state index in [1.54, 1.807) is 24.3 Å². The van der Waals surface area contributed by atoms with Crippen molar-refractivity contribution < 1.29 is 13.9 Å². The van der Waals surface area contributed by atoms with Crippen LogP contribution in [0.5, 0.6) is 11.5 Å². The highest BCUT2D eigenvalue weighted by Crippen LogP contribution is 2.25. The summed E-state index contributed by atoms with van der Waals surface area (Å²) in [7, 11) is 0. The molecule has 0 heterocycles. The Bertz CT molecular complexity index is 560. The van der Waals surface area contributed by atoms with Crippen LogP contribution in [-0.2, 0) is 4.79 Å². The number of hydrogen-bond donors (Lipinski definition) is 0. The van der Waals surface area contributed by atoms with E-state index in [0.29, 0.717) is 17.2 Å². The van der Waals surface area contributed by atoms with Gasteiger partial charge in [0, 0.05) is 6.07 Å². The van der Waals surface area contributed by atoms with E-state index >= 15 is 0 Å². The van der Waals surface area contributed by atoms with E-state index in [-0.39, 0.29) is 5.82 Å². The number of halogens is 1. The van der Waals surface area contributed by atoms with Gasteiger partial charge in [-0.1, -0.05) is 6.07 Å². The molecule has 17 heavy (non-hydrogen) atoms. The van der Waals surface area contributed by atoms with Gasteiger partial charge in [-0.25, -0.2) is 9.18 Å². The lowest BCUT2D eigenvalue weighted by atomic mass is 10.3. The zero-order valence-corrected chi connectivity index (χ0v) is 8.76. The molecule has 0 aromatic heterocycles. The highest BCUT2D eigenvalue weighted by atomic mass is 19.1. The number of carbonyl (C=O) groups excluding carboxylic acids is 1. The molecule has 0 unspecified atom stereocenters. The normalized spacial score (nSPS) is 9.47. The Morgan fingerprint density at radius 3 is 2.53 bits per heavy atom. The molecule has 0 N–H and O–H groups in total. The summed E-state index contributed by atoms with van der Waals surface area (Å²) < 4.78 is 18.1. The number of hydrogen-bond acceptors (Lipinski definition) is 3. The van der Waals surface area contributed by atoms with Gasteiger partial charge in [-0.15, -0.1) is 0 Å². The SMILES string of the molecule is O=C=Nc1cccc(Oc2ccc(F)cc2)c1. The lowest BCUT2D eigenvalue weighted by Gasteiger charge is -2.05. The molecule has 0 saturated carbocycles. The average Bonchev–Trinajstić information content (AvgIpc) is 2.33. The largest absolute Gasteiger partial charge is 0.457 e. The molecule has 2 rings (SSSR count). The lowest BCUT2D eigenvalue weighted by molar-refractivity contribution is 0.481. The fourth-order valence-corrected chi connectivity index (χ4v) is 1.31. The van der Waals surface area contributed by atoms with Gasteiger partial charge in [-0.3, -0.25) is 0 Å². The Balaban J connectivity index is 2.20. The molecule has 3 nitrogen and oxygen atoms in total. The van der Waals surface area contributed by atoms with Gasteiger partial charge in [0.25, 0.3) is 0 Å². The summed E-state index contributed by atoms with van der Waals surface area (Å²) in [5.74, 6) is 0.711. The van der Waals surface area contributed by atoms with Crippen LogP contribution in [0.25, 0.3) is 0 Å². The first-order valence-electron chi connectivity index (χ1n) is 4.89. The molecule has 0 amide bonds. The third-order valence-corrected chi connectivity index (χ3v) is 2.04. The minimum atomic E-state index is -0.323. The molecule has 0 spiro atoms. The van der Waals surface area contributed by atoms with Crippen molar-refractivity contribution in [2.24, 2.45) is 4.99 Å². The number of benzene rings is 2. The minimum absolute atomic E-state index is 0.323. The van der Waals surface area contributed by atoms with Crippen LogP contribution in [0.1, 0.15) is 0 Å². The maximum absolute atomic E-state index is 12.7. The Morgan fingerprint density at radius 2 is 1.82 bits per heavy atom. The number of aliphatic imine (C=N–C) groups is 1. The van der Waals surface area contributed by atoms with Crippen LogP contribution in [0.3, 0.4) is 0 Å². The van der Waals surface area contributed by atoms with Gasteiger partial charge in [0.2, 0.25) is 6.08 Å². The van der Waals surface area contributed by atoms with E-state index < -0.39 is 0 Å². The molecule has 0 fully saturated rings. The number of ether oxygens (including phenoxy) is 1. The molecule has 2 aromatic rings. The number of rotatable bonds is 3. The summed E-state index contributed by atoms with van der Waals surface area (Å²) in [6, 6.07) is 12.3. The summed E-state index contributed by atoms with van der Waals surface area (Å²) in [6.45, 7) is 0. The molecule has 0 radical (unpaired) electrons. The molecule has 0 aliphatic rings. The molecule has 84 valence electrons. The van der Waals surface area contributed by atoms with Gasteiger partial charge in [-0.05, 0) is 36.4 Å². The second-order valence-electron chi connectivity index (χ2n) is 3.26. The Morgan fingerprint density at radius 1 is 1.06 bits per heavy atom. The maximum Gasteiger partial charge on any atom is 0.240 e. The van der Waals surface area contributed by atoms with Crippen LogP contribution in [0, 0.1) is 5.82 Å². The summed E-state index contributed by atoms with van der Waals surface area (Å²) in [6.07, 6.45) is 1.45. The van der Waals surface area contributed by atoms with E-state index in [9.17, 15) is 9.18 Å². The maximum atomic E-state index is 12.7. The van der Waals surface area contributed by atoms with Crippen molar-refractivity contribution in [1.82, 2.24) is 0 Å². The Kier molecular flexibility index (Phi) is 3.28. The van der Waals surface area contributed by atoms with Gasteiger partial charge >= 0.3 is 0 Å².